The van der Waals surface area contributed by atoms with Gasteiger partial charge in [0.05, 0.1) is 23.2 Å². The summed E-state index contributed by atoms with van der Waals surface area (Å²) in [5, 5.41) is 130. The summed E-state index contributed by atoms with van der Waals surface area (Å²) < 4.78 is 44.3. The van der Waals surface area contributed by atoms with Gasteiger partial charge < -0.3 is 144 Å². The van der Waals surface area contributed by atoms with Gasteiger partial charge in [-0.1, -0.05) is 43.6 Å². The summed E-state index contributed by atoms with van der Waals surface area (Å²) in [4.78, 5) is 140. The van der Waals surface area contributed by atoms with E-state index in [1.807, 2.05) is 13.8 Å². The number of phenolic OH excluding ortho intramolecular Hbond substituents is 3. The SMILES string of the molecule is CNCCOc1cc(NC(=O)NC(=O)C[C@@H]2NC(=O)[C@H](NC(=O)[C@@H](CC(C)C)NC)[C@H](O)c3ccc(c(C)c3)Oc3cc4cc(c3O[C@@H]3O[C@H](CN)[C@@H](O)[C@H](O)[C@H]3O)Oc3ccc(cc3Cl)[C@@H](O)[C@@H]3NC(=O)[C@H](NC(=O)[C@@H]4NC2=O)c2ccc(O)c(c2)-c2c(O)cc(O)cc2[C@@H](C(=O)NC2C4CC5CC(C4)CC2C5)NC3=O)cc(OCCNC)c1OCCNC. The van der Waals surface area contributed by atoms with Crippen LogP contribution in [-0.2, 0) is 43.1 Å². The molecular weight excluding hydrogens is 1650 g/mol. The molecule has 15 bridgehead atoms. The number of phenols is 3. The first-order valence-corrected chi connectivity index (χ1v) is 41.9. The van der Waals surface area contributed by atoms with Gasteiger partial charge in [-0.2, -0.15) is 0 Å². The second-order valence-electron chi connectivity index (χ2n) is 32.9. The summed E-state index contributed by atoms with van der Waals surface area (Å²) in [5.74, 6) is -12.7. The van der Waals surface area contributed by atoms with E-state index in [1.54, 1.807) is 21.1 Å². The van der Waals surface area contributed by atoms with Crippen LogP contribution in [-0.4, -0.2) is 229 Å². The summed E-state index contributed by atoms with van der Waals surface area (Å²) in [6.45, 7) is 6.20. The first kappa shape index (κ1) is 91.3. The molecule has 0 spiro atoms. The highest BCUT2D eigenvalue weighted by Crippen LogP contribution is 2.55. The minimum Gasteiger partial charge on any atom is -0.508 e. The largest absolute Gasteiger partial charge is 0.508 e. The second kappa shape index (κ2) is 39.8. The van der Waals surface area contributed by atoms with Crippen LogP contribution in [0.4, 0.5) is 10.5 Å². The van der Waals surface area contributed by atoms with Crippen LogP contribution in [0.2, 0.25) is 5.02 Å². The number of likely N-dealkylation sites (N-methyl/N-ethyl adjacent to an activating group) is 4. The molecule has 16 rings (SSSR count). The van der Waals surface area contributed by atoms with Gasteiger partial charge in [-0.05, 0) is 191 Å². The average molecular weight is 1760 g/mol. The van der Waals surface area contributed by atoms with Gasteiger partial charge >= 0.3 is 6.03 Å². The first-order chi connectivity index (χ1) is 59.8. The standard InChI is InChI=1S/C86H107ClN14O24/c1-37(2)20-52(92-7)78(111)100-69-71(106)42-9-12-56(38(3)21-42)122-60-29-46-30-61(77(60)125-85-75(110)74(109)73(108)62(36-88)124-85)123-57-13-10-43(28-51(57)87)72(107)70-84(117)99-68(82(115)96-65-44-23-39-22-40(25-44)26-45(65)24-39)50-33-48(102)34-55(104)64(50)49-27-41(8-11-54(49)103)66(80(113)101-70)98-81(114)67(46)97-79(112)53(94-83(69)116)35-63(105)95-86(118)93-47-31-58(119-17-14-89-4)76(121-19-16-91-6)59(32-47)120-18-15-90-5/h8-13,21,27-34,37,39-40,44-45,52-53,62,65-75,85,89-92,102-104,106-110H,14-20,22-26,35-36,88H2,1-7H3,(H,94,116)(H,96,115)(H,97,112)(H,98,114)(H,99,117)(H,100,111)(H,101,113)(H2,93,95,105,118)/t39?,40?,44?,45?,52-,53+,62-,65?,66-,67-,68+,69-,70+,71-,72-,73-,74+,75-,85+/m1/s1. The highest BCUT2D eigenvalue weighted by atomic mass is 35.5. The number of fused-ring (bicyclic) bond motifs is 15. The molecule has 10 amide bonds. The number of aliphatic hydroxyl groups excluding tert-OH is 5. The number of hydrogen-bond donors (Lipinski definition) is 22. The third kappa shape index (κ3) is 20.6. The number of aromatic hydroxyl groups is 3. The number of amides is 10. The number of ether oxygens (including phenoxy) is 7. The van der Waals surface area contributed by atoms with E-state index in [0.717, 1.165) is 80.6 Å². The van der Waals surface area contributed by atoms with Crippen molar-refractivity contribution in [1.82, 2.24) is 63.8 Å². The van der Waals surface area contributed by atoms with Crippen LogP contribution in [0.5, 0.6) is 63.2 Å². The Kier molecular flexibility index (Phi) is 29.1. The summed E-state index contributed by atoms with van der Waals surface area (Å²) in [5.41, 5.74) is 4.17. The van der Waals surface area contributed by atoms with Gasteiger partial charge in [0.15, 0.2) is 23.0 Å². The van der Waals surface area contributed by atoms with Crippen LogP contribution < -0.4 is 103 Å². The number of nitrogens with two attached hydrogens (primary N) is 1. The lowest BCUT2D eigenvalue weighted by Crippen LogP contribution is -2.60. The predicted octanol–water partition coefficient (Wildman–Crippen LogP) is 2.00. The number of halogens is 1. The predicted molar refractivity (Wildman–Crippen MR) is 449 cm³/mol. The lowest BCUT2D eigenvalue weighted by molar-refractivity contribution is -0.270. The zero-order valence-electron chi connectivity index (χ0n) is 69.7. The molecule has 10 aliphatic rings. The molecule has 4 aliphatic carbocycles. The Labute approximate surface area is 723 Å². The fourth-order valence-corrected chi connectivity index (χ4v) is 17.7. The van der Waals surface area contributed by atoms with Gasteiger partial charge in [0.2, 0.25) is 65.0 Å². The number of carbonyl (C=O) groups is 9. The van der Waals surface area contributed by atoms with Crippen molar-refractivity contribution >= 4 is 70.6 Å². The van der Waals surface area contributed by atoms with Gasteiger partial charge in [-0.15, -0.1) is 0 Å². The minimum atomic E-state index is -2.38. The Balaban J connectivity index is 0.980. The third-order valence-electron chi connectivity index (χ3n) is 23.6. The summed E-state index contributed by atoms with van der Waals surface area (Å²) >= 11 is 7.22. The Morgan fingerprint density at radius 1 is 0.592 bits per heavy atom. The topological polar surface area (TPSA) is 562 Å². The molecule has 672 valence electrons. The van der Waals surface area contributed by atoms with Crippen molar-refractivity contribution in [2.24, 2.45) is 35.3 Å². The number of nitrogens with one attached hydrogen (secondary N) is 13. The van der Waals surface area contributed by atoms with Crippen molar-refractivity contribution in [2.75, 3.05) is 79.5 Å². The number of hydrogen-bond acceptors (Lipinski definition) is 29. The fraction of sp³-hybridized carbons (Fsp3) is 0.477. The van der Waals surface area contributed by atoms with E-state index in [4.69, 9.17) is 50.5 Å². The lowest BCUT2D eigenvalue weighted by atomic mass is 9.54. The molecule has 14 atom stereocenters. The van der Waals surface area contributed by atoms with Gasteiger partial charge in [0.1, 0.15) is 121 Å². The molecule has 5 fully saturated rings. The average Bonchev–Trinajstić information content (AvgIpc) is 0.755. The molecule has 0 aromatic heterocycles. The van der Waals surface area contributed by atoms with E-state index < -0.39 is 192 Å². The smallest absolute Gasteiger partial charge is 0.325 e. The van der Waals surface area contributed by atoms with E-state index in [1.165, 1.54) is 56.4 Å². The Morgan fingerprint density at radius 3 is 1.81 bits per heavy atom. The minimum absolute atomic E-state index is 0.0109. The summed E-state index contributed by atoms with van der Waals surface area (Å²) in [6.07, 6.45) is -10.2. The Hall–Kier alpha value is -11.4. The molecule has 1 saturated heterocycles. The van der Waals surface area contributed by atoms with Gasteiger partial charge in [0.25, 0.3) is 0 Å². The fourth-order valence-electron chi connectivity index (χ4n) is 17.5. The van der Waals surface area contributed by atoms with Crippen LogP contribution in [0.1, 0.15) is 123 Å². The molecule has 0 radical (unpaired) electrons. The van der Waals surface area contributed by atoms with Crippen LogP contribution in [0.3, 0.4) is 0 Å². The van der Waals surface area contributed by atoms with Crippen LogP contribution in [0.15, 0.2) is 91.0 Å². The number of benzene rings is 6. The van der Waals surface area contributed by atoms with E-state index in [-0.39, 0.29) is 128 Å². The van der Waals surface area contributed by atoms with Crippen molar-refractivity contribution in [3.8, 4) is 74.4 Å². The zero-order valence-corrected chi connectivity index (χ0v) is 70.4. The molecule has 0 unspecified atom stereocenters. The second-order valence-corrected chi connectivity index (χ2v) is 33.3. The van der Waals surface area contributed by atoms with E-state index in [0.29, 0.717) is 31.5 Å². The molecule has 6 aromatic rings. The van der Waals surface area contributed by atoms with Gasteiger partial charge in [-0.3, -0.25) is 43.7 Å². The van der Waals surface area contributed by atoms with Gasteiger partial charge in [0, 0.05) is 61.5 Å². The third-order valence-corrected chi connectivity index (χ3v) is 23.9. The molecular formula is C86H107ClN14O24. The van der Waals surface area contributed by atoms with E-state index in [2.05, 4.69) is 69.1 Å². The van der Waals surface area contributed by atoms with E-state index in [9.17, 15) is 55.2 Å². The Bertz CT molecular complexity index is 4980. The van der Waals surface area contributed by atoms with Crippen molar-refractivity contribution in [3.63, 3.8) is 0 Å². The molecule has 39 heteroatoms. The van der Waals surface area contributed by atoms with Gasteiger partial charge in [-0.25, -0.2) is 4.79 Å². The molecule has 6 heterocycles. The molecule has 38 nitrogen and oxygen atoms in total. The highest BCUT2D eigenvalue weighted by molar-refractivity contribution is 6.32. The van der Waals surface area contributed by atoms with Crippen molar-refractivity contribution < 1.29 is 117 Å². The van der Waals surface area contributed by atoms with Crippen LogP contribution in [0.25, 0.3) is 11.1 Å². The molecule has 4 saturated carbocycles. The summed E-state index contributed by atoms with van der Waals surface area (Å²) in [6, 6.07) is 2.18. The molecule has 6 aliphatic heterocycles. The summed E-state index contributed by atoms with van der Waals surface area (Å²) in [7, 11) is 6.63. The number of imide groups is 1. The Morgan fingerprint density at radius 2 is 1.19 bits per heavy atom. The van der Waals surface area contributed by atoms with Crippen LogP contribution >= 0.6 is 11.6 Å². The lowest BCUT2D eigenvalue weighted by Gasteiger charge is -2.54. The monoisotopic (exact) mass is 1750 g/mol. The maximum absolute atomic E-state index is 16.6. The number of rotatable bonds is 25. The maximum atomic E-state index is 16.6. The highest BCUT2D eigenvalue weighted by Gasteiger charge is 2.51. The number of aliphatic hydroxyl groups is 5. The first-order valence-electron chi connectivity index (χ1n) is 41.5. The number of carbonyl (C=O) groups excluding carboxylic acids is 9. The molecule has 23 N–H and O–H groups in total. The number of urea groups is 1. The number of anilines is 1. The normalized spacial score (nSPS) is 26.5. The molecule has 125 heavy (non-hydrogen) atoms. The number of aryl methyl sites for hydroxylation is 1. The zero-order chi connectivity index (χ0) is 89.5. The van der Waals surface area contributed by atoms with Crippen LogP contribution in [0, 0.1) is 36.5 Å². The maximum Gasteiger partial charge on any atom is 0.325 e. The van der Waals surface area contributed by atoms with Crippen molar-refractivity contribution in [1.29, 1.82) is 0 Å². The van der Waals surface area contributed by atoms with Crippen molar-refractivity contribution in [2.45, 2.75) is 157 Å². The quantitative estimate of drug-likeness (QED) is 0.0364. The molecule has 6 aromatic carbocycles. The van der Waals surface area contributed by atoms with E-state index >= 15 is 28.8 Å². The van der Waals surface area contributed by atoms with Crippen molar-refractivity contribution in [3.05, 3.63) is 129 Å².